The molecule has 2 atom stereocenters. The van der Waals surface area contributed by atoms with E-state index in [0.29, 0.717) is 0 Å². The molecule has 0 bridgehead atoms. The summed E-state index contributed by atoms with van der Waals surface area (Å²) in [6, 6.07) is 0. The predicted molar refractivity (Wildman–Crippen MR) is 61.5 cm³/mol. The Morgan fingerprint density at radius 2 is 2.05 bits per heavy atom. The lowest BCUT2D eigenvalue weighted by atomic mass is 10.1. The molecule has 0 fully saturated rings. The number of hydrogen-bond acceptors (Lipinski definition) is 7. The van der Waals surface area contributed by atoms with Gasteiger partial charge in [0.15, 0.2) is 12.2 Å². The Bertz CT molecular complexity index is 446. The first-order valence-corrected chi connectivity index (χ1v) is 5.21. The van der Waals surface area contributed by atoms with Crippen molar-refractivity contribution >= 4 is 18.4 Å². The van der Waals surface area contributed by atoms with E-state index in [4.69, 9.17) is 10.3 Å². The van der Waals surface area contributed by atoms with Crippen molar-refractivity contribution in [3.63, 3.8) is 0 Å². The largest absolute Gasteiger partial charge is 0.462 e. The average Bonchev–Trinajstić information content (AvgIpc) is 2.38. The Kier molecular flexibility index (Phi) is 8.12. The average molecular weight is 289 g/mol. The second-order valence-electron chi connectivity index (χ2n) is 3.33. The molecular formula is C10H12FN3O6. The van der Waals surface area contributed by atoms with Gasteiger partial charge in [0.2, 0.25) is 0 Å². The van der Waals surface area contributed by atoms with Gasteiger partial charge in [0.1, 0.15) is 6.61 Å². The summed E-state index contributed by atoms with van der Waals surface area (Å²) in [5, 5.41) is 2.98. The summed E-state index contributed by atoms with van der Waals surface area (Å²) in [5.74, 6) is -1.54. The Morgan fingerprint density at radius 1 is 1.40 bits per heavy atom. The summed E-state index contributed by atoms with van der Waals surface area (Å²) < 4.78 is 26.5. The van der Waals surface area contributed by atoms with Crippen LogP contribution in [0.1, 0.15) is 13.8 Å². The highest BCUT2D eigenvalue weighted by Crippen LogP contribution is 2.17. The molecule has 0 heterocycles. The maximum absolute atomic E-state index is 12.7. The quantitative estimate of drug-likeness (QED) is 0.164. The first-order chi connectivity index (χ1) is 9.46. The van der Waals surface area contributed by atoms with Crippen molar-refractivity contribution in [2.24, 2.45) is 5.11 Å². The van der Waals surface area contributed by atoms with Gasteiger partial charge in [-0.15, -0.1) is 0 Å². The summed E-state index contributed by atoms with van der Waals surface area (Å²) in [6.07, 6.45) is -3.01. The van der Waals surface area contributed by atoms with Crippen LogP contribution in [0.25, 0.3) is 10.4 Å². The fourth-order valence-electron chi connectivity index (χ4n) is 1.17. The number of rotatable bonds is 8. The molecule has 0 spiro atoms. The second kappa shape index (κ2) is 9.34. The number of ether oxygens (including phenoxy) is 3. The zero-order valence-electron chi connectivity index (χ0n) is 10.7. The summed E-state index contributed by atoms with van der Waals surface area (Å²) in [5.41, 5.74) is 7.66. The molecule has 0 unspecified atom stereocenters. The van der Waals surface area contributed by atoms with Gasteiger partial charge < -0.3 is 14.2 Å². The van der Waals surface area contributed by atoms with Crippen molar-refractivity contribution in [2.45, 2.75) is 26.1 Å². The van der Waals surface area contributed by atoms with Crippen molar-refractivity contribution in [1.82, 2.24) is 0 Å². The van der Waals surface area contributed by atoms with Gasteiger partial charge >= 0.3 is 11.9 Å². The Labute approximate surface area is 112 Å². The molecule has 0 radical (unpaired) electrons. The van der Waals surface area contributed by atoms with E-state index in [9.17, 15) is 18.8 Å². The normalized spacial score (nSPS) is 13.4. The maximum atomic E-state index is 12.7. The third-order valence-electron chi connectivity index (χ3n) is 1.88. The van der Waals surface area contributed by atoms with E-state index in [-0.39, 0.29) is 12.8 Å². The lowest BCUT2D eigenvalue weighted by Gasteiger charge is -2.24. The van der Waals surface area contributed by atoms with E-state index >= 15 is 0 Å². The molecule has 0 aromatic heterocycles. The van der Waals surface area contributed by atoms with Gasteiger partial charge in [-0.2, -0.15) is 0 Å². The number of halogens is 1. The van der Waals surface area contributed by atoms with Crippen LogP contribution in [0.4, 0.5) is 4.39 Å². The molecule has 0 saturated carbocycles. The molecule has 0 aromatic carbocycles. The van der Waals surface area contributed by atoms with E-state index < -0.39 is 36.5 Å². The summed E-state index contributed by atoms with van der Waals surface area (Å²) in [6.45, 7) is 1.60. The molecule has 0 saturated heterocycles. The van der Waals surface area contributed by atoms with Crippen molar-refractivity contribution in [3.8, 4) is 0 Å². The van der Waals surface area contributed by atoms with Crippen LogP contribution < -0.4 is 0 Å². The minimum atomic E-state index is -1.54. The third kappa shape index (κ3) is 6.36. The SMILES string of the molecule is CC(=O)OC[C@@H](OC=O)[C@@H](OC(C)=O)/C(=C/F)N=[N+]=[N-]. The molecule has 0 amide bonds. The highest BCUT2D eigenvalue weighted by Gasteiger charge is 2.30. The number of azide groups is 1. The zero-order chi connectivity index (χ0) is 15.5. The molecule has 20 heavy (non-hydrogen) atoms. The van der Waals surface area contributed by atoms with Gasteiger partial charge in [-0.25, -0.2) is 4.39 Å². The van der Waals surface area contributed by atoms with Crippen LogP contribution in [-0.4, -0.2) is 37.2 Å². The van der Waals surface area contributed by atoms with Crippen molar-refractivity contribution < 1.29 is 33.0 Å². The molecule has 0 rings (SSSR count). The Hall–Kier alpha value is -2.61. The van der Waals surface area contributed by atoms with E-state index in [1.807, 2.05) is 0 Å². The molecular weight excluding hydrogens is 277 g/mol. The molecule has 0 aliphatic carbocycles. The van der Waals surface area contributed by atoms with Gasteiger partial charge in [-0.1, -0.05) is 5.11 Å². The summed E-state index contributed by atoms with van der Waals surface area (Å²) in [7, 11) is 0. The lowest BCUT2D eigenvalue weighted by Crippen LogP contribution is -2.38. The van der Waals surface area contributed by atoms with Gasteiger partial charge in [0, 0.05) is 18.8 Å². The number of nitrogens with zero attached hydrogens (tertiary/aromatic N) is 3. The van der Waals surface area contributed by atoms with Crippen LogP contribution in [0.5, 0.6) is 0 Å². The zero-order valence-corrected chi connectivity index (χ0v) is 10.7. The number of carbonyl (C=O) groups is 3. The lowest BCUT2D eigenvalue weighted by molar-refractivity contribution is -0.164. The molecule has 0 aromatic rings. The highest BCUT2D eigenvalue weighted by molar-refractivity contribution is 5.67. The third-order valence-corrected chi connectivity index (χ3v) is 1.88. The van der Waals surface area contributed by atoms with Crippen LogP contribution >= 0.6 is 0 Å². The first kappa shape index (κ1) is 17.4. The van der Waals surface area contributed by atoms with Gasteiger partial charge in [-0.3, -0.25) is 14.4 Å². The summed E-state index contributed by atoms with van der Waals surface area (Å²) in [4.78, 5) is 34.4. The monoisotopic (exact) mass is 289 g/mol. The standard InChI is InChI=1S/C10H12FN3O6/c1-6(16)18-4-9(19-5-15)10(20-7(2)17)8(3-11)13-14-12/h3,5,9-10H,4H2,1-2H3/b8-3-/t9-,10+/m1/s1. The van der Waals surface area contributed by atoms with Crippen LogP contribution in [0.3, 0.4) is 0 Å². The molecule has 0 aliphatic heterocycles. The van der Waals surface area contributed by atoms with Crippen LogP contribution in [0, 0.1) is 0 Å². The molecule has 110 valence electrons. The highest BCUT2D eigenvalue weighted by atomic mass is 19.1. The predicted octanol–water partition coefficient (Wildman–Crippen LogP) is 1.14. The fourth-order valence-corrected chi connectivity index (χ4v) is 1.17. The van der Waals surface area contributed by atoms with Crippen LogP contribution in [0.2, 0.25) is 0 Å². The smallest absolute Gasteiger partial charge is 0.303 e. The van der Waals surface area contributed by atoms with Gasteiger partial charge in [0.05, 0.1) is 12.0 Å². The Balaban J connectivity index is 5.27. The second-order valence-corrected chi connectivity index (χ2v) is 3.33. The molecule has 9 nitrogen and oxygen atoms in total. The number of esters is 2. The minimum Gasteiger partial charge on any atom is -0.462 e. The Morgan fingerprint density at radius 3 is 2.45 bits per heavy atom. The van der Waals surface area contributed by atoms with Gasteiger partial charge in [0.25, 0.3) is 6.47 Å². The number of hydrogen-bond donors (Lipinski definition) is 0. The van der Waals surface area contributed by atoms with E-state index in [1.54, 1.807) is 0 Å². The first-order valence-electron chi connectivity index (χ1n) is 5.21. The number of carbonyl (C=O) groups excluding carboxylic acids is 3. The maximum Gasteiger partial charge on any atom is 0.303 e. The minimum absolute atomic E-state index is 0.00337. The molecule has 10 heteroatoms. The van der Waals surface area contributed by atoms with Crippen molar-refractivity contribution in [1.29, 1.82) is 0 Å². The van der Waals surface area contributed by atoms with E-state index in [2.05, 4.69) is 19.5 Å². The van der Waals surface area contributed by atoms with E-state index in [0.717, 1.165) is 13.8 Å². The molecule has 0 aliphatic rings. The molecule has 0 N–H and O–H groups in total. The van der Waals surface area contributed by atoms with Crippen molar-refractivity contribution in [2.75, 3.05) is 6.61 Å². The summed E-state index contributed by atoms with van der Waals surface area (Å²) >= 11 is 0. The van der Waals surface area contributed by atoms with Crippen LogP contribution in [0.15, 0.2) is 17.1 Å². The van der Waals surface area contributed by atoms with Crippen LogP contribution in [-0.2, 0) is 28.6 Å². The van der Waals surface area contributed by atoms with E-state index in [1.165, 1.54) is 0 Å². The van der Waals surface area contributed by atoms with Gasteiger partial charge in [-0.05, 0) is 5.53 Å². The fraction of sp³-hybridized carbons (Fsp3) is 0.500. The van der Waals surface area contributed by atoms with Crippen molar-refractivity contribution in [3.05, 3.63) is 22.5 Å². The topological polar surface area (TPSA) is 128 Å².